The second kappa shape index (κ2) is 16.9. The molecule has 0 bridgehead atoms. The molecule has 218 valence electrons. The number of hydrogen-bond acceptors (Lipinski definition) is 3. The van der Waals surface area contributed by atoms with Gasteiger partial charge >= 0.3 is 0 Å². The Bertz CT molecular complexity index is 1010. The van der Waals surface area contributed by atoms with Gasteiger partial charge in [0.15, 0.2) is 0 Å². The number of benzene rings is 2. The Hall–Kier alpha value is -1.37. The average molecular weight is 576 g/mol. The Morgan fingerprint density at radius 3 is 1.77 bits per heavy atom. The van der Waals surface area contributed by atoms with Crippen molar-refractivity contribution in [1.29, 1.82) is 5.26 Å². The number of nitriles is 1. The van der Waals surface area contributed by atoms with Crippen molar-refractivity contribution in [2.45, 2.75) is 127 Å². The summed E-state index contributed by atoms with van der Waals surface area (Å²) in [7, 11) is 0. The van der Waals surface area contributed by atoms with Crippen molar-refractivity contribution in [3.8, 4) is 17.2 Å². The topological polar surface area (TPSA) is 23.8 Å². The molecule has 0 amide bonds. The van der Waals surface area contributed by atoms with Gasteiger partial charge in [-0.2, -0.15) is 5.26 Å². The Morgan fingerprint density at radius 2 is 1.23 bits per heavy atom. The molecule has 1 aliphatic heterocycles. The molecule has 4 rings (SSSR count). The molecule has 1 heterocycles. The molecule has 40 heavy (non-hydrogen) atoms. The van der Waals surface area contributed by atoms with E-state index in [1.54, 1.807) is 0 Å². The molecule has 1 nitrogen and oxygen atoms in total. The highest BCUT2D eigenvalue weighted by molar-refractivity contribution is 8.16. The van der Waals surface area contributed by atoms with Gasteiger partial charge in [-0.15, -0.1) is 23.5 Å². The van der Waals surface area contributed by atoms with Crippen molar-refractivity contribution in [3.05, 3.63) is 59.7 Å². The van der Waals surface area contributed by atoms with Crippen LogP contribution in [0.15, 0.2) is 48.5 Å². The lowest BCUT2D eigenvalue weighted by Crippen LogP contribution is -2.25. The van der Waals surface area contributed by atoms with Crippen LogP contribution in [-0.2, 0) is 0 Å². The van der Waals surface area contributed by atoms with Crippen LogP contribution in [0.1, 0.15) is 138 Å². The summed E-state index contributed by atoms with van der Waals surface area (Å²) in [6, 6.07) is 21.5. The smallest absolute Gasteiger partial charge is 0.0751 e. The largest absolute Gasteiger partial charge is 0.198 e. The van der Waals surface area contributed by atoms with Gasteiger partial charge < -0.3 is 0 Å². The van der Waals surface area contributed by atoms with Gasteiger partial charge in [-0.1, -0.05) is 127 Å². The third-order valence-corrected chi connectivity index (χ3v) is 12.8. The first-order valence-electron chi connectivity index (χ1n) is 16.5. The molecule has 2 aliphatic rings. The molecule has 1 saturated carbocycles. The van der Waals surface area contributed by atoms with Crippen LogP contribution in [0.25, 0.3) is 11.1 Å². The fraction of sp³-hybridized carbons (Fsp3) is 0.649. The number of thioether (sulfide) groups is 2. The molecule has 1 saturated heterocycles. The molecular weight excluding hydrogens is 523 g/mol. The van der Waals surface area contributed by atoms with Crippen LogP contribution in [-0.4, -0.2) is 11.5 Å². The van der Waals surface area contributed by atoms with Gasteiger partial charge in [0.2, 0.25) is 0 Å². The molecule has 0 N–H and O–H groups in total. The van der Waals surface area contributed by atoms with Gasteiger partial charge in [0.1, 0.15) is 0 Å². The van der Waals surface area contributed by atoms with Crippen molar-refractivity contribution >= 4 is 23.5 Å². The fourth-order valence-corrected chi connectivity index (χ4v) is 9.88. The lowest BCUT2D eigenvalue weighted by Gasteiger charge is -2.35. The Labute approximate surface area is 254 Å². The van der Waals surface area contributed by atoms with E-state index >= 15 is 0 Å². The van der Waals surface area contributed by atoms with E-state index < -0.39 is 0 Å². The monoisotopic (exact) mass is 575 g/mol. The fourth-order valence-electron chi connectivity index (χ4n) is 6.71. The Morgan fingerprint density at radius 1 is 0.700 bits per heavy atom. The quantitative estimate of drug-likeness (QED) is 0.197. The van der Waals surface area contributed by atoms with E-state index in [1.165, 1.54) is 104 Å². The lowest BCUT2D eigenvalue weighted by atomic mass is 9.67. The van der Waals surface area contributed by atoms with Gasteiger partial charge in [0, 0.05) is 0 Å². The zero-order valence-electron chi connectivity index (χ0n) is 25.3. The number of nitrogens with zero attached hydrogens (tertiary/aromatic N) is 1. The van der Waals surface area contributed by atoms with Crippen LogP contribution >= 0.6 is 23.5 Å². The van der Waals surface area contributed by atoms with Gasteiger partial charge in [-0.3, -0.25) is 0 Å². The van der Waals surface area contributed by atoms with Crippen molar-refractivity contribution in [2.75, 3.05) is 11.5 Å². The lowest BCUT2D eigenvalue weighted by molar-refractivity contribution is 0.223. The molecule has 0 unspecified atom stereocenters. The highest BCUT2D eigenvalue weighted by Crippen LogP contribution is 2.47. The maximum Gasteiger partial charge on any atom is 0.0751 e. The first kappa shape index (κ1) is 31.6. The maximum absolute atomic E-state index is 9.98. The minimum atomic E-state index is -0.0610. The highest BCUT2D eigenvalue weighted by atomic mass is 32.2. The second-order valence-electron chi connectivity index (χ2n) is 12.6. The molecule has 0 spiro atoms. The van der Waals surface area contributed by atoms with Crippen LogP contribution in [0, 0.1) is 22.7 Å². The molecular formula is C37H53NS2. The molecule has 2 aromatic carbocycles. The average Bonchev–Trinajstić information content (AvgIpc) is 3.02. The molecule has 0 aromatic heterocycles. The minimum Gasteiger partial charge on any atom is -0.198 e. The first-order chi connectivity index (χ1) is 19.7. The first-order valence-corrected chi connectivity index (χ1v) is 18.6. The number of hydrogen-bond donors (Lipinski definition) is 0. The SMILES string of the molecule is CCCCCCCC1CSC(c2ccc(-c3ccc(C4CCC(C#N)(CCCCCCC)CC4)cc3)cc2)SC1. The van der Waals surface area contributed by atoms with Crippen molar-refractivity contribution in [1.82, 2.24) is 0 Å². The van der Waals surface area contributed by atoms with E-state index in [1.807, 2.05) is 0 Å². The summed E-state index contributed by atoms with van der Waals surface area (Å²) in [5, 5.41) is 9.98. The standard InChI is InChI=1S/C37H53NS2/c1-3-5-7-9-11-13-30-27-39-36(40-28-30)35-20-18-32(19-21-35)31-14-16-33(17-15-31)34-22-25-37(29-38,26-23-34)24-12-10-8-6-4-2/h14-21,30,34,36H,3-13,22-28H2,1-2H3. The van der Waals surface area contributed by atoms with Gasteiger partial charge in [0.05, 0.1) is 16.1 Å². The molecule has 2 fully saturated rings. The number of unbranched alkanes of at least 4 members (excludes halogenated alkanes) is 8. The molecule has 2 aromatic rings. The zero-order chi connectivity index (χ0) is 28.0. The van der Waals surface area contributed by atoms with E-state index in [4.69, 9.17) is 0 Å². The van der Waals surface area contributed by atoms with Gasteiger partial charge in [-0.05, 0) is 84.1 Å². The van der Waals surface area contributed by atoms with Crippen LogP contribution in [0.4, 0.5) is 0 Å². The van der Waals surface area contributed by atoms with Crippen LogP contribution in [0.5, 0.6) is 0 Å². The molecule has 3 heteroatoms. The van der Waals surface area contributed by atoms with E-state index in [9.17, 15) is 5.26 Å². The highest BCUT2D eigenvalue weighted by Gasteiger charge is 2.35. The maximum atomic E-state index is 9.98. The van der Waals surface area contributed by atoms with E-state index in [0.29, 0.717) is 10.5 Å². The molecule has 0 radical (unpaired) electrons. The summed E-state index contributed by atoms with van der Waals surface area (Å²) >= 11 is 4.33. The Kier molecular flexibility index (Phi) is 13.3. The summed E-state index contributed by atoms with van der Waals surface area (Å²) < 4.78 is 0.593. The van der Waals surface area contributed by atoms with Crippen molar-refractivity contribution < 1.29 is 0 Å². The summed E-state index contributed by atoms with van der Waals surface area (Å²) in [6.07, 6.45) is 20.5. The van der Waals surface area contributed by atoms with Gasteiger partial charge in [-0.25, -0.2) is 0 Å². The van der Waals surface area contributed by atoms with Crippen LogP contribution in [0.3, 0.4) is 0 Å². The van der Waals surface area contributed by atoms with Crippen molar-refractivity contribution in [3.63, 3.8) is 0 Å². The third-order valence-electron chi connectivity index (χ3n) is 9.52. The summed E-state index contributed by atoms with van der Waals surface area (Å²) in [6.45, 7) is 4.56. The summed E-state index contributed by atoms with van der Waals surface area (Å²) in [5.41, 5.74) is 5.52. The van der Waals surface area contributed by atoms with E-state index in [0.717, 1.165) is 38.0 Å². The van der Waals surface area contributed by atoms with Crippen molar-refractivity contribution in [2.24, 2.45) is 11.3 Å². The van der Waals surface area contributed by atoms with E-state index in [-0.39, 0.29) is 5.41 Å². The predicted molar refractivity (Wildman–Crippen MR) is 179 cm³/mol. The molecule has 0 atom stereocenters. The van der Waals surface area contributed by atoms with Crippen LogP contribution in [0.2, 0.25) is 0 Å². The number of rotatable bonds is 15. The Balaban J connectivity index is 1.22. The zero-order valence-corrected chi connectivity index (χ0v) is 27.0. The predicted octanol–water partition coefficient (Wildman–Crippen LogP) is 12.3. The van der Waals surface area contributed by atoms with Crippen LogP contribution < -0.4 is 0 Å². The minimum absolute atomic E-state index is 0.0610. The molecule has 1 aliphatic carbocycles. The summed E-state index contributed by atoms with van der Waals surface area (Å²) in [4.78, 5) is 0. The van der Waals surface area contributed by atoms with E-state index in [2.05, 4.69) is 92.0 Å². The van der Waals surface area contributed by atoms with Gasteiger partial charge in [0.25, 0.3) is 0 Å². The normalized spacial score (nSPS) is 25.0. The second-order valence-corrected chi connectivity index (χ2v) is 15.2. The summed E-state index contributed by atoms with van der Waals surface area (Å²) in [5.74, 6) is 4.16. The third kappa shape index (κ3) is 9.32.